The Morgan fingerprint density at radius 3 is 2.89 bits per heavy atom. The molecule has 2 aromatic heterocycles. The average molecular weight is 262 g/mol. The molecule has 0 aliphatic heterocycles. The van der Waals surface area contributed by atoms with Gasteiger partial charge in [0.15, 0.2) is 0 Å². The summed E-state index contributed by atoms with van der Waals surface area (Å²) in [4.78, 5) is 8.37. The molecule has 96 valence electrons. The summed E-state index contributed by atoms with van der Waals surface area (Å²) in [6.45, 7) is 4.38. The van der Waals surface area contributed by atoms with Gasteiger partial charge in [-0.2, -0.15) is 11.8 Å². The normalized spacial score (nSPS) is 12.6. The predicted octanol–water partition coefficient (Wildman–Crippen LogP) is 2.84. The zero-order valence-electron chi connectivity index (χ0n) is 10.7. The number of nitrogens with two attached hydrogens (primary N) is 1. The molecule has 2 rings (SSSR count). The Kier molecular flexibility index (Phi) is 4.25. The first-order valence-corrected chi connectivity index (χ1v) is 7.19. The molecule has 4 nitrogen and oxygen atoms in total. The summed E-state index contributed by atoms with van der Waals surface area (Å²) >= 11 is 1.94. The lowest BCUT2D eigenvalue weighted by atomic mass is 10.2. The van der Waals surface area contributed by atoms with Crippen molar-refractivity contribution >= 4 is 17.6 Å². The molecule has 0 radical (unpaired) electrons. The van der Waals surface area contributed by atoms with E-state index >= 15 is 0 Å². The highest BCUT2D eigenvalue weighted by Gasteiger charge is 2.11. The van der Waals surface area contributed by atoms with E-state index in [9.17, 15) is 0 Å². The van der Waals surface area contributed by atoms with Crippen molar-refractivity contribution in [2.75, 3.05) is 17.2 Å². The summed E-state index contributed by atoms with van der Waals surface area (Å²) < 4.78 is 2.19. The van der Waals surface area contributed by atoms with Crippen LogP contribution < -0.4 is 5.73 Å². The molecule has 2 N–H and O–H groups in total. The maximum Gasteiger partial charge on any atom is 0.123 e. The Morgan fingerprint density at radius 2 is 2.22 bits per heavy atom. The van der Waals surface area contributed by atoms with Gasteiger partial charge in [-0.3, -0.25) is 0 Å². The number of hydrogen-bond donors (Lipinski definition) is 1. The van der Waals surface area contributed by atoms with E-state index in [1.807, 2.05) is 36.4 Å². The molecule has 0 saturated heterocycles. The van der Waals surface area contributed by atoms with Crippen molar-refractivity contribution in [3.63, 3.8) is 0 Å². The second-order valence-electron chi connectivity index (χ2n) is 4.17. The Morgan fingerprint density at radius 1 is 1.39 bits per heavy atom. The quantitative estimate of drug-likeness (QED) is 0.900. The van der Waals surface area contributed by atoms with Crippen molar-refractivity contribution < 1.29 is 0 Å². The van der Waals surface area contributed by atoms with Gasteiger partial charge in [-0.1, -0.05) is 6.92 Å². The van der Waals surface area contributed by atoms with Crippen LogP contribution >= 0.6 is 11.8 Å². The summed E-state index contributed by atoms with van der Waals surface area (Å²) in [5.74, 6) is 2.76. The van der Waals surface area contributed by atoms with Crippen molar-refractivity contribution in [2.45, 2.75) is 19.9 Å². The number of nitrogens with zero attached hydrogens (tertiary/aromatic N) is 3. The van der Waals surface area contributed by atoms with Crippen LogP contribution in [0.4, 0.5) is 5.82 Å². The summed E-state index contributed by atoms with van der Waals surface area (Å²) in [6, 6.07) is 4.22. The lowest BCUT2D eigenvalue weighted by molar-refractivity contribution is 0.615. The number of nitrogen functional groups attached to an aromatic ring is 1. The molecular weight excluding hydrogens is 244 g/mol. The summed E-state index contributed by atoms with van der Waals surface area (Å²) in [5, 5.41) is 0. The Balaban J connectivity index is 2.24. The second-order valence-corrected chi connectivity index (χ2v) is 5.49. The molecule has 5 heteroatoms. The molecule has 0 aliphatic rings. The standard InChI is InChI=1S/C13H18N4S/c1-3-18-8-10(2)17-9-15-7-12(17)11-4-5-13(14)16-6-11/h4-7,9-10H,3,8H2,1-2H3,(H2,14,16). The van der Waals surface area contributed by atoms with Gasteiger partial charge in [-0.05, 0) is 24.8 Å². The molecule has 0 bridgehead atoms. The number of rotatable bonds is 5. The fourth-order valence-corrected chi connectivity index (χ4v) is 2.54. The third kappa shape index (κ3) is 2.85. The molecule has 18 heavy (non-hydrogen) atoms. The monoisotopic (exact) mass is 262 g/mol. The van der Waals surface area contributed by atoms with E-state index in [4.69, 9.17) is 5.73 Å². The van der Waals surface area contributed by atoms with Gasteiger partial charge < -0.3 is 10.3 Å². The third-order valence-corrected chi connectivity index (χ3v) is 3.91. The molecule has 1 unspecified atom stereocenters. The van der Waals surface area contributed by atoms with Crippen LogP contribution in [0.5, 0.6) is 0 Å². The van der Waals surface area contributed by atoms with Gasteiger partial charge in [0.1, 0.15) is 5.82 Å². The molecule has 0 spiro atoms. The van der Waals surface area contributed by atoms with Crippen LogP contribution in [0.25, 0.3) is 11.3 Å². The summed E-state index contributed by atoms with van der Waals surface area (Å²) in [5.41, 5.74) is 7.75. The van der Waals surface area contributed by atoms with E-state index < -0.39 is 0 Å². The minimum Gasteiger partial charge on any atom is -0.384 e. The predicted molar refractivity (Wildman–Crippen MR) is 77.6 cm³/mol. The van der Waals surface area contributed by atoms with Gasteiger partial charge in [-0.25, -0.2) is 9.97 Å². The molecule has 2 heterocycles. The SMILES string of the molecule is CCSCC(C)n1cncc1-c1ccc(N)nc1. The van der Waals surface area contributed by atoms with Crippen molar-refractivity contribution in [1.29, 1.82) is 0 Å². The molecule has 0 aliphatic carbocycles. The second kappa shape index (κ2) is 5.91. The first kappa shape index (κ1) is 13.0. The highest BCUT2D eigenvalue weighted by Crippen LogP contribution is 2.24. The van der Waals surface area contributed by atoms with Crippen LogP contribution in [0.2, 0.25) is 0 Å². The number of pyridine rings is 1. The molecule has 0 saturated carbocycles. The van der Waals surface area contributed by atoms with E-state index in [0.29, 0.717) is 11.9 Å². The van der Waals surface area contributed by atoms with E-state index in [1.54, 1.807) is 6.20 Å². The van der Waals surface area contributed by atoms with E-state index in [1.165, 1.54) is 0 Å². The minimum atomic E-state index is 0.421. The van der Waals surface area contributed by atoms with Crippen LogP contribution in [0.15, 0.2) is 30.9 Å². The van der Waals surface area contributed by atoms with Crippen molar-refractivity contribution in [3.8, 4) is 11.3 Å². The lowest BCUT2D eigenvalue weighted by Crippen LogP contribution is -2.08. The summed E-state index contributed by atoms with van der Waals surface area (Å²) in [7, 11) is 0. The average Bonchev–Trinajstić information content (AvgIpc) is 2.86. The Bertz CT molecular complexity index is 492. The Labute approximate surface area is 112 Å². The maximum absolute atomic E-state index is 5.61. The molecule has 0 aromatic carbocycles. The van der Waals surface area contributed by atoms with Gasteiger partial charge in [-0.15, -0.1) is 0 Å². The fourth-order valence-electron chi connectivity index (χ4n) is 1.81. The van der Waals surface area contributed by atoms with Gasteiger partial charge in [0, 0.05) is 23.6 Å². The Hall–Kier alpha value is -1.49. The van der Waals surface area contributed by atoms with Gasteiger partial charge in [0.2, 0.25) is 0 Å². The zero-order chi connectivity index (χ0) is 13.0. The van der Waals surface area contributed by atoms with Crippen LogP contribution in [-0.2, 0) is 0 Å². The largest absolute Gasteiger partial charge is 0.384 e. The van der Waals surface area contributed by atoms with Crippen LogP contribution in [0.1, 0.15) is 19.9 Å². The van der Waals surface area contributed by atoms with Crippen LogP contribution in [-0.4, -0.2) is 26.0 Å². The van der Waals surface area contributed by atoms with Gasteiger partial charge >= 0.3 is 0 Å². The number of anilines is 1. The van der Waals surface area contributed by atoms with Gasteiger partial charge in [0.05, 0.1) is 18.2 Å². The zero-order valence-corrected chi connectivity index (χ0v) is 11.5. The number of hydrogen-bond acceptors (Lipinski definition) is 4. The van der Waals surface area contributed by atoms with E-state index in [-0.39, 0.29) is 0 Å². The highest BCUT2D eigenvalue weighted by atomic mass is 32.2. The maximum atomic E-state index is 5.61. The number of imidazole rings is 1. The van der Waals surface area contributed by atoms with Crippen LogP contribution in [0, 0.1) is 0 Å². The topological polar surface area (TPSA) is 56.7 Å². The highest BCUT2D eigenvalue weighted by molar-refractivity contribution is 7.99. The number of thioether (sulfide) groups is 1. The first-order chi connectivity index (χ1) is 8.72. The van der Waals surface area contributed by atoms with Crippen molar-refractivity contribution in [2.24, 2.45) is 0 Å². The fraction of sp³-hybridized carbons (Fsp3) is 0.385. The van der Waals surface area contributed by atoms with Crippen molar-refractivity contribution in [1.82, 2.24) is 14.5 Å². The van der Waals surface area contributed by atoms with E-state index in [0.717, 1.165) is 22.8 Å². The smallest absolute Gasteiger partial charge is 0.123 e. The minimum absolute atomic E-state index is 0.421. The molecule has 2 aromatic rings. The van der Waals surface area contributed by atoms with Gasteiger partial charge in [0.25, 0.3) is 0 Å². The molecule has 0 fully saturated rings. The molecular formula is C13H18N4S. The first-order valence-electron chi connectivity index (χ1n) is 6.03. The third-order valence-electron chi connectivity index (χ3n) is 2.79. The van der Waals surface area contributed by atoms with E-state index in [2.05, 4.69) is 28.4 Å². The summed E-state index contributed by atoms with van der Waals surface area (Å²) in [6.07, 6.45) is 5.55. The lowest BCUT2D eigenvalue weighted by Gasteiger charge is -2.16. The molecule has 1 atom stereocenters. The van der Waals surface area contributed by atoms with Crippen molar-refractivity contribution in [3.05, 3.63) is 30.9 Å². The molecule has 0 amide bonds. The number of aromatic nitrogens is 3. The van der Waals surface area contributed by atoms with Crippen LogP contribution in [0.3, 0.4) is 0 Å².